The Kier molecular flexibility index (Phi) is 6.42. The quantitative estimate of drug-likeness (QED) is 0.762. The lowest BCUT2D eigenvalue weighted by molar-refractivity contribution is 0.0615. The van der Waals surface area contributed by atoms with E-state index in [0.29, 0.717) is 12.3 Å². The number of hydrogen-bond donors (Lipinski definition) is 0. The molecule has 1 fully saturated rings. The standard InChI is InChI=1S/C19H25N3O2S/c1-2-6-18-20-17(15-25-18)19(23)22-11-9-21(10-12-22)13-14-24-16-7-4-3-5-8-16/h3-5,7-8,15H,2,6,9-14H2,1H3. The number of hydrogen-bond acceptors (Lipinski definition) is 5. The number of ether oxygens (including phenoxy) is 1. The van der Waals surface area contributed by atoms with E-state index in [2.05, 4.69) is 16.8 Å². The van der Waals surface area contributed by atoms with E-state index in [1.54, 1.807) is 11.3 Å². The Balaban J connectivity index is 1.41. The van der Waals surface area contributed by atoms with Crippen molar-refractivity contribution in [3.63, 3.8) is 0 Å². The van der Waals surface area contributed by atoms with E-state index >= 15 is 0 Å². The van der Waals surface area contributed by atoms with Crippen LogP contribution in [0.5, 0.6) is 5.75 Å². The third-order valence-corrected chi connectivity index (χ3v) is 5.22. The molecule has 0 bridgehead atoms. The molecular formula is C19H25N3O2S. The zero-order valence-corrected chi connectivity index (χ0v) is 15.5. The van der Waals surface area contributed by atoms with Crippen LogP contribution >= 0.6 is 11.3 Å². The fourth-order valence-electron chi connectivity index (χ4n) is 2.88. The van der Waals surface area contributed by atoms with Crippen molar-refractivity contribution in [3.8, 4) is 5.75 Å². The molecule has 134 valence electrons. The summed E-state index contributed by atoms with van der Waals surface area (Å²) in [5.74, 6) is 0.974. The van der Waals surface area contributed by atoms with Gasteiger partial charge in [0.1, 0.15) is 18.1 Å². The Bertz CT molecular complexity index is 666. The first-order valence-electron chi connectivity index (χ1n) is 8.90. The molecule has 0 spiro atoms. The highest BCUT2D eigenvalue weighted by molar-refractivity contribution is 7.09. The average Bonchev–Trinajstić information content (AvgIpc) is 3.12. The molecule has 0 radical (unpaired) electrons. The van der Waals surface area contributed by atoms with Gasteiger partial charge in [-0.1, -0.05) is 25.1 Å². The lowest BCUT2D eigenvalue weighted by Gasteiger charge is -2.34. The first kappa shape index (κ1) is 17.9. The van der Waals surface area contributed by atoms with Crippen LogP contribution in [0.2, 0.25) is 0 Å². The summed E-state index contributed by atoms with van der Waals surface area (Å²) in [6.07, 6.45) is 2.01. The summed E-state index contributed by atoms with van der Waals surface area (Å²) in [5.41, 5.74) is 0.606. The number of benzene rings is 1. The fraction of sp³-hybridized carbons (Fsp3) is 0.474. The van der Waals surface area contributed by atoms with Gasteiger partial charge < -0.3 is 9.64 Å². The fourth-order valence-corrected chi connectivity index (χ4v) is 3.76. The molecule has 5 nitrogen and oxygen atoms in total. The molecule has 6 heteroatoms. The summed E-state index contributed by atoms with van der Waals surface area (Å²) in [6, 6.07) is 9.87. The van der Waals surface area contributed by atoms with Gasteiger partial charge in [0.05, 0.1) is 5.01 Å². The van der Waals surface area contributed by atoms with Gasteiger partial charge in [-0.25, -0.2) is 4.98 Å². The normalized spacial score (nSPS) is 15.3. The molecule has 2 heterocycles. The Hall–Kier alpha value is -1.92. The van der Waals surface area contributed by atoms with Crippen molar-refractivity contribution < 1.29 is 9.53 Å². The van der Waals surface area contributed by atoms with Gasteiger partial charge in [0.25, 0.3) is 5.91 Å². The van der Waals surface area contributed by atoms with Gasteiger partial charge in [0, 0.05) is 38.1 Å². The Labute approximate surface area is 153 Å². The number of amides is 1. The first-order valence-corrected chi connectivity index (χ1v) is 9.78. The van der Waals surface area contributed by atoms with Gasteiger partial charge in [0.2, 0.25) is 0 Å². The van der Waals surface area contributed by atoms with Crippen LogP contribution in [0.25, 0.3) is 0 Å². The zero-order chi connectivity index (χ0) is 17.5. The number of para-hydroxylation sites is 1. The summed E-state index contributed by atoms with van der Waals surface area (Å²) >= 11 is 1.59. The van der Waals surface area contributed by atoms with Gasteiger partial charge in [-0.05, 0) is 25.0 Å². The molecule has 1 aliphatic rings. The maximum atomic E-state index is 12.5. The van der Waals surface area contributed by atoms with Gasteiger partial charge in [-0.15, -0.1) is 11.3 Å². The molecular weight excluding hydrogens is 334 g/mol. The second-order valence-electron chi connectivity index (χ2n) is 6.17. The van der Waals surface area contributed by atoms with Crippen molar-refractivity contribution in [2.45, 2.75) is 19.8 Å². The molecule has 2 aromatic rings. The summed E-state index contributed by atoms with van der Waals surface area (Å²) in [6.45, 7) is 6.96. The second kappa shape index (κ2) is 8.97. The number of nitrogens with zero attached hydrogens (tertiary/aromatic N) is 3. The van der Waals surface area contributed by atoms with Gasteiger partial charge in [-0.3, -0.25) is 9.69 Å². The van der Waals surface area contributed by atoms with Crippen LogP contribution in [0.3, 0.4) is 0 Å². The molecule has 25 heavy (non-hydrogen) atoms. The average molecular weight is 359 g/mol. The Morgan fingerprint density at radius 2 is 1.96 bits per heavy atom. The van der Waals surface area contributed by atoms with E-state index in [0.717, 1.165) is 56.3 Å². The van der Waals surface area contributed by atoms with Crippen LogP contribution in [-0.4, -0.2) is 60.0 Å². The molecule has 0 N–H and O–H groups in total. The molecule has 1 aliphatic heterocycles. The van der Waals surface area contributed by atoms with Crippen molar-refractivity contribution in [1.29, 1.82) is 0 Å². The van der Waals surface area contributed by atoms with E-state index < -0.39 is 0 Å². The maximum absolute atomic E-state index is 12.5. The number of carbonyl (C=O) groups excluding carboxylic acids is 1. The van der Waals surface area contributed by atoms with E-state index in [4.69, 9.17) is 4.74 Å². The van der Waals surface area contributed by atoms with Crippen LogP contribution in [0.1, 0.15) is 28.8 Å². The van der Waals surface area contributed by atoms with Gasteiger partial charge in [0.15, 0.2) is 0 Å². The Morgan fingerprint density at radius 1 is 1.20 bits per heavy atom. The second-order valence-corrected chi connectivity index (χ2v) is 7.11. The highest BCUT2D eigenvalue weighted by Gasteiger charge is 2.23. The number of rotatable bonds is 7. The maximum Gasteiger partial charge on any atom is 0.273 e. The predicted octanol–water partition coefficient (Wildman–Crippen LogP) is 2.93. The number of aryl methyl sites for hydroxylation is 1. The summed E-state index contributed by atoms with van der Waals surface area (Å²) in [7, 11) is 0. The predicted molar refractivity (Wildman–Crippen MR) is 100 cm³/mol. The molecule has 0 saturated carbocycles. The van der Waals surface area contributed by atoms with Gasteiger partial charge in [-0.2, -0.15) is 0 Å². The van der Waals surface area contributed by atoms with Gasteiger partial charge >= 0.3 is 0 Å². The summed E-state index contributed by atoms with van der Waals surface area (Å²) in [5, 5.41) is 2.95. The summed E-state index contributed by atoms with van der Waals surface area (Å²) < 4.78 is 5.75. The minimum Gasteiger partial charge on any atom is -0.492 e. The monoisotopic (exact) mass is 359 g/mol. The van der Waals surface area contributed by atoms with Crippen molar-refractivity contribution >= 4 is 17.2 Å². The summed E-state index contributed by atoms with van der Waals surface area (Å²) in [4.78, 5) is 21.3. The number of carbonyl (C=O) groups is 1. The lowest BCUT2D eigenvalue weighted by Crippen LogP contribution is -2.49. The van der Waals surface area contributed by atoms with Crippen LogP contribution in [-0.2, 0) is 6.42 Å². The molecule has 0 unspecified atom stereocenters. The molecule has 1 aromatic heterocycles. The third-order valence-electron chi connectivity index (χ3n) is 4.31. The largest absolute Gasteiger partial charge is 0.492 e. The molecule has 1 amide bonds. The molecule has 1 saturated heterocycles. The topological polar surface area (TPSA) is 45.7 Å². The van der Waals surface area contributed by atoms with E-state index in [9.17, 15) is 4.79 Å². The van der Waals surface area contributed by atoms with Crippen LogP contribution in [0.15, 0.2) is 35.7 Å². The minimum absolute atomic E-state index is 0.0683. The smallest absolute Gasteiger partial charge is 0.273 e. The third kappa shape index (κ3) is 5.03. The van der Waals surface area contributed by atoms with Crippen molar-refractivity contribution in [2.75, 3.05) is 39.3 Å². The highest BCUT2D eigenvalue weighted by Crippen LogP contribution is 2.15. The molecule has 3 rings (SSSR count). The number of thiazole rings is 1. The number of piperazine rings is 1. The van der Waals surface area contributed by atoms with E-state index in [1.807, 2.05) is 40.6 Å². The zero-order valence-electron chi connectivity index (χ0n) is 14.7. The molecule has 0 aliphatic carbocycles. The molecule has 0 atom stereocenters. The highest BCUT2D eigenvalue weighted by atomic mass is 32.1. The molecule has 1 aromatic carbocycles. The van der Waals surface area contributed by atoms with E-state index in [1.165, 1.54) is 0 Å². The van der Waals surface area contributed by atoms with Crippen molar-refractivity contribution in [3.05, 3.63) is 46.4 Å². The van der Waals surface area contributed by atoms with Crippen LogP contribution in [0.4, 0.5) is 0 Å². The number of aromatic nitrogens is 1. The first-order chi connectivity index (χ1) is 12.3. The Morgan fingerprint density at radius 3 is 2.68 bits per heavy atom. The SMILES string of the molecule is CCCc1nc(C(=O)N2CCN(CCOc3ccccc3)CC2)cs1. The lowest BCUT2D eigenvalue weighted by atomic mass is 10.3. The minimum atomic E-state index is 0.0683. The van der Waals surface area contributed by atoms with Crippen LogP contribution in [0, 0.1) is 0 Å². The van der Waals surface area contributed by atoms with E-state index in [-0.39, 0.29) is 5.91 Å². The van der Waals surface area contributed by atoms with Crippen molar-refractivity contribution in [2.24, 2.45) is 0 Å². The van der Waals surface area contributed by atoms with Crippen LogP contribution < -0.4 is 4.74 Å². The van der Waals surface area contributed by atoms with Crippen molar-refractivity contribution in [1.82, 2.24) is 14.8 Å².